The van der Waals surface area contributed by atoms with Crippen molar-refractivity contribution in [2.75, 3.05) is 18.9 Å². The van der Waals surface area contributed by atoms with E-state index in [1.54, 1.807) is 11.9 Å². The Morgan fingerprint density at radius 1 is 1.48 bits per heavy atom. The van der Waals surface area contributed by atoms with Crippen LogP contribution in [0.4, 0.5) is 11.5 Å². The van der Waals surface area contributed by atoms with Gasteiger partial charge in [-0.2, -0.15) is 0 Å². The van der Waals surface area contributed by atoms with Crippen molar-refractivity contribution >= 4 is 17.4 Å². The molecule has 0 radical (unpaired) electrons. The predicted molar refractivity (Wildman–Crippen MR) is 81.4 cm³/mol. The molecule has 7 nitrogen and oxygen atoms in total. The first-order chi connectivity index (χ1) is 9.79. The molecule has 1 amide bonds. The lowest BCUT2D eigenvalue weighted by Gasteiger charge is -2.28. The lowest BCUT2D eigenvalue weighted by molar-refractivity contribution is -0.385. The second-order valence-corrected chi connectivity index (χ2v) is 5.28. The zero-order valence-electron chi connectivity index (χ0n) is 13.1. The Morgan fingerprint density at radius 2 is 2.10 bits per heavy atom. The fourth-order valence-electron chi connectivity index (χ4n) is 1.85. The van der Waals surface area contributed by atoms with Crippen LogP contribution in [0.3, 0.4) is 0 Å². The Hall–Kier alpha value is -2.18. The van der Waals surface area contributed by atoms with E-state index in [2.05, 4.69) is 10.3 Å². The van der Waals surface area contributed by atoms with Crippen LogP contribution in [0, 0.1) is 16.0 Å². The lowest BCUT2D eigenvalue weighted by atomic mass is 10.0. The van der Waals surface area contributed by atoms with Gasteiger partial charge in [-0.05, 0) is 19.8 Å². The van der Waals surface area contributed by atoms with E-state index in [0.29, 0.717) is 12.4 Å². The largest absolute Gasteiger partial charge is 0.370 e. The number of pyridine rings is 1. The minimum Gasteiger partial charge on any atom is -0.370 e. The fraction of sp³-hybridized carbons (Fsp3) is 0.571. The first-order valence-corrected chi connectivity index (χ1v) is 6.95. The molecule has 0 aromatic carbocycles. The first kappa shape index (κ1) is 16.9. The average Bonchev–Trinajstić information content (AvgIpc) is 2.45. The molecule has 0 bridgehead atoms. The number of rotatable bonds is 6. The van der Waals surface area contributed by atoms with E-state index in [-0.39, 0.29) is 29.1 Å². The van der Waals surface area contributed by atoms with Gasteiger partial charge < -0.3 is 10.2 Å². The van der Waals surface area contributed by atoms with Crippen molar-refractivity contribution in [1.82, 2.24) is 9.88 Å². The minimum absolute atomic E-state index is 0.0197. The van der Waals surface area contributed by atoms with Gasteiger partial charge in [-0.25, -0.2) is 4.98 Å². The Morgan fingerprint density at radius 3 is 2.57 bits per heavy atom. The molecule has 0 aliphatic carbocycles. The van der Waals surface area contributed by atoms with Gasteiger partial charge in [-0.1, -0.05) is 13.8 Å². The number of nitrogens with one attached hydrogen (secondary N) is 1. The van der Waals surface area contributed by atoms with Crippen molar-refractivity contribution in [2.45, 2.75) is 33.7 Å². The summed E-state index contributed by atoms with van der Waals surface area (Å²) in [6.45, 7) is 8.43. The molecule has 0 aliphatic rings. The molecular weight excluding hydrogens is 272 g/mol. The molecule has 21 heavy (non-hydrogen) atoms. The number of aromatic nitrogens is 1. The summed E-state index contributed by atoms with van der Waals surface area (Å²) in [7, 11) is 1.70. The molecule has 1 unspecified atom stereocenters. The Balaban J connectivity index is 3.21. The lowest BCUT2D eigenvalue weighted by Crippen LogP contribution is -2.38. The third-order valence-electron chi connectivity index (χ3n) is 3.55. The summed E-state index contributed by atoms with van der Waals surface area (Å²) in [4.78, 5) is 28.5. The van der Waals surface area contributed by atoms with Gasteiger partial charge >= 0.3 is 0 Å². The summed E-state index contributed by atoms with van der Waals surface area (Å²) in [5.74, 6) is 0.382. The molecule has 0 saturated carbocycles. The van der Waals surface area contributed by atoms with Gasteiger partial charge in [0.05, 0.1) is 10.5 Å². The van der Waals surface area contributed by atoms with E-state index in [1.165, 1.54) is 6.07 Å². The smallest absolute Gasteiger partial charge is 0.288 e. The van der Waals surface area contributed by atoms with E-state index < -0.39 is 4.92 Å². The highest BCUT2D eigenvalue weighted by atomic mass is 16.6. The molecule has 1 aromatic heterocycles. The summed E-state index contributed by atoms with van der Waals surface area (Å²) in [6.07, 6.45) is 1.15. The highest BCUT2D eigenvalue weighted by Gasteiger charge is 2.24. The number of carbonyl (C=O) groups excluding carboxylic acids is 1. The number of hydrogen-bond donors (Lipinski definition) is 1. The van der Waals surface area contributed by atoms with Gasteiger partial charge in [0.1, 0.15) is 12.0 Å². The second-order valence-electron chi connectivity index (χ2n) is 5.28. The van der Waals surface area contributed by atoms with Crippen LogP contribution in [0.5, 0.6) is 0 Å². The number of hydrogen-bond acceptors (Lipinski definition) is 5. The molecule has 0 fully saturated rings. The summed E-state index contributed by atoms with van der Waals surface area (Å²) in [5, 5.41) is 13.8. The van der Waals surface area contributed by atoms with E-state index in [0.717, 1.165) is 6.20 Å². The van der Waals surface area contributed by atoms with Crippen LogP contribution < -0.4 is 5.32 Å². The molecule has 1 N–H and O–H groups in total. The molecule has 1 atom stereocenters. The molecule has 1 heterocycles. The molecule has 116 valence electrons. The van der Waals surface area contributed by atoms with E-state index in [4.69, 9.17) is 0 Å². The van der Waals surface area contributed by atoms with Crippen LogP contribution in [-0.4, -0.2) is 40.3 Å². The summed E-state index contributed by atoms with van der Waals surface area (Å²) >= 11 is 0. The molecule has 1 rings (SSSR count). The summed E-state index contributed by atoms with van der Waals surface area (Å²) in [6, 6.07) is 1.29. The molecule has 1 aromatic rings. The number of carbonyl (C=O) groups is 1. The third kappa shape index (κ3) is 3.90. The molecule has 0 aliphatic heterocycles. The molecular formula is C14H22N4O3. The predicted octanol–water partition coefficient (Wildman–Crippen LogP) is 2.54. The van der Waals surface area contributed by atoms with Crippen LogP contribution in [0.1, 0.15) is 38.1 Å². The Bertz CT molecular complexity index is 531. The van der Waals surface area contributed by atoms with Crippen molar-refractivity contribution in [3.8, 4) is 0 Å². The zero-order chi connectivity index (χ0) is 16.2. The fourth-order valence-corrected chi connectivity index (χ4v) is 1.85. The van der Waals surface area contributed by atoms with E-state index >= 15 is 0 Å². The zero-order valence-corrected chi connectivity index (χ0v) is 13.1. The molecule has 7 heteroatoms. The van der Waals surface area contributed by atoms with Gasteiger partial charge in [0.2, 0.25) is 0 Å². The van der Waals surface area contributed by atoms with Gasteiger partial charge in [0, 0.05) is 25.7 Å². The number of nitro groups is 1. The maximum Gasteiger partial charge on any atom is 0.288 e. The third-order valence-corrected chi connectivity index (χ3v) is 3.55. The minimum atomic E-state index is -0.550. The van der Waals surface area contributed by atoms with Gasteiger partial charge in [-0.3, -0.25) is 14.9 Å². The normalized spacial score (nSPS) is 12.1. The van der Waals surface area contributed by atoms with Crippen LogP contribution in [0.15, 0.2) is 12.3 Å². The quantitative estimate of drug-likeness (QED) is 0.643. The van der Waals surface area contributed by atoms with Crippen LogP contribution in [0.25, 0.3) is 0 Å². The number of anilines is 1. The van der Waals surface area contributed by atoms with Crippen molar-refractivity contribution in [3.63, 3.8) is 0 Å². The van der Waals surface area contributed by atoms with Crippen molar-refractivity contribution in [3.05, 3.63) is 27.9 Å². The van der Waals surface area contributed by atoms with Gasteiger partial charge in [-0.15, -0.1) is 0 Å². The standard InChI is InChI=1S/C14H22N4O3/c1-6-15-13-12(7-11(8-16-13)18(20)21)14(19)17(5)10(4)9(2)3/h7-10H,6H2,1-5H3,(H,15,16). The number of nitrogens with zero attached hydrogens (tertiary/aromatic N) is 3. The summed E-state index contributed by atoms with van der Waals surface area (Å²) in [5.41, 5.74) is 0.0339. The topological polar surface area (TPSA) is 88.4 Å². The highest BCUT2D eigenvalue weighted by Crippen LogP contribution is 2.22. The van der Waals surface area contributed by atoms with Crippen LogP contribution in [0.2, 0.25) is 0 Å². The van der Waals surface area contributed by atoms with Gasteiger partial charge in [0.15, 0.2) is 0 Å². The Labute approximate surface area is 124 Å². The Kier molecular flexibility index (Phi) is 5.63. The van der Waals surface area contributed by atoms with E-state index in [1.807, 2.05) is 27.7 Å². The van der Waals surface area contributed by atoms with Crippen molar-refractivity contribution < 1.29 is 9.72 Å². The maximum atomic E-state index is 12.6. The molecule has 0 saturated heterocycles. The van der Waals surface area contributed by atoms with Crippen LogP contribution >= 0.6 is 0 Å². The average molecular weight is 294 g/mol. The van der Waals surface area contributed by atoms with E-state index in [9.17, 15) is 14.9 Å². The first-order valence-electron chi connectivity index (χ1n) is 6.95. The van der Waals surface area contributed by atoms with Crippen molar-refractivity contribution in [1.29, 1.82) is 0 Å². The monoisotopic (exact) mass is 294 g/mol. The number of amides is 1. The van der Waals surface area contributed by atoms with Crippen molar-refractivity contribution in [2.24, 2.45) is 5.92 Å². The second kappa shape index (κ2) is 7.01. The molecule has 0 spiro atoms. The SMILES string of the molecule is CCNc1ncc([N+](=O)[O-])cc1C(=O)N(C)C(C)C(C)C. The van der Waals surface area contributed by atoms with Crippen LogP contribution in [-0.2, 0) is 0 Å². The van der Waals surface area contributed by atoms with Gasteiger partial charge in [0.25, 0.3) is 11.6 Å². The highest BCUT2D eigenvalue weighted by molar-refractivity contribution is 5.99. The maximum absolute atomic E-state index is 12.6. The summed E-state index contributed by atoms with van der Waals surface area (Å²) < 4.78 is 0.